The largest absolute Gasteiger partial charge is 0.465 e. The molecule has 2 aromatic rings. The van der Waals surface area contributed by atoms with Crippen LogP contribution in [0.25, 0.3) is 11.1 Å². The fourth-order valence-electron chi connectivity index (χ4n) is 2.10. The molecule has 0 atom stereocenters. The number of aryl methyl sites for hydroxylation is 1. The molecule has 96 valence electrons. The molecular weight excluding hydrogens is 240 g/mol. The maximum Gasteiger partial charge on any atom is 0.337 e. The molecule has 0 aromatic heterocycles. The molecule has 0 saturated carbocycles. The molecule has 0 saturated heterocycles. The van der Waals surface area contributed by atoms with E-state index < -0.39 is 0 Å². The minimum atomic E-state index is -0.386. The van der Waals surface area contributed by atoms with Gasteiger partial charge in [-0.3, -0.25) is 4.79 Å². The molecule has 2 rings (SSSR count). The van der Waals surface area contributed by atoms with Crippen LogP contribution in [0.4, 0.5) is 0 Å². The third-order valence-corrected chi connectivity index (χ3v) is 3.00. The lowest BCUT2D eigenvalue weighted by atomic mass is 9.94. The number of hydrogen-bond acceptors (Lipinski definition) is 3. The minimum Gasteiger partial charge on any atom is -0.465 e. The molecule has 0 bridgehead atoms. The monoisotopic (exact) mass is 254 g/mol. The molecule has 0 fully saturated rings. The van der Waals surface area contributed by atoms with Gasteiger partial charge in [-0.15, -0.1) is 0 Å². The predicted molar refractivity (Wildman–Crippen MR) is 73.3 cm³/mol. The molecule has 3 heteroatoms. The lowest BCUT2D eigenvalue weighted by Crippen LogP contribution is -2.01. The molecule has 0 amide bonds. The topological polar surface area (TPSA) is 43.4 Å². The Kier molecular flexibility index (Phi) is 3.76. The summed E-state index contributed by atoms with van der Waals surface area (Å²) in [6.07, 6.45) is 0.827. The van der Waals surface area contributed by atoms with Crippen LogP contribution in [0.5, 0.6) is 0 Å². The molecule has 19 heavy (non-hydrogen) atoms. The highest BCUT2D eigenvalue weighted by atomic mass is 16.5. The van der Waals surface area contributed by atoms with Gasteiger partial charge in [-0.25, -0.2) is 4.79 Å². The summed E-state index contributed by atoms with van der Waals surface area (Å²) >= 11 is 0. The van der Waals surface area contributed by atoms with Gasteiger partial charge in [-0.2, -0.15) is 0 Å². The molecule has 2 aromatic carbocycles. The van der Waals surface area contributed by atoms with E-state index in [0.717, 1.165) is 23.0 Å². The molecule has 0 radical (unpaired) electrons. The van der Waals surface area contributed by atoms with Gasteiger partial charge in [0, 0.05) is 5.56 Å². The van der Waals surface area contributed by atoms with Crippen LogP contribution in [0.1, 0.15) is 26.3 Å². The minimum absolute atomic E-state index is 0.386. The number of benzene rings is 2. The van der Waals surface area contributed by atoms with Gasteiger partial charge in [0.1, 0.15) is 0 Å². The SMILES string of the molecule is COC(=O)c1cccc(-c2c(C)cccc2C=O)c1. The molecular formula is C16H14O3. The van der Waals surface area contributed by atoms with E-state index in [-0.39, 0.29) is 5.97 Å². The molecule has 0 spiro atoms. The van der Waals surface area contributed by atoms with E-state index in [9.17, 15) is 9.59 Å². The molecule has 0 N–H and O–H groups in total. The summed E-state index contributed by atoms with van der Waals surface area (Å²) in [7, 11) is 1.35. The predicted octanol–water partition coefficient (Wildman–Crippen LogP) is 3.26. The van der Waals surface area contributed by atoms with Crippen molar-refractivity contribution in [2.24, 2.45) is 0 Å². The van der Waals surface area contributed by atoms with Crippen molar-refractivity contribution in [2.45, 2.75) is 6.92 Å². The van der Waals surface area contributed by atoms with Crippen LogP contribution in [0.15, 0.2) is 42.5 Å². The summed E-state index contributed by atoms with van der Waals surface area (Å²) in [6.45, 7) is 1.94. The second-order valence-electron chi connectivity index (χ2n) is 4.23. The second-order valence-corrected chi connectivity index (χ2v) is 4.23. The summed E-state index contributed by atoms with van der Waals surface area (Å²) in [5.41, 5.74) is 3.76. The van der Waals surface area contributed by atoms with Crippen molar-refractivity contribution in [1.29, 1.82) is 0 Å². The molecule has 0 aliphatic heterocycles. The number of methoxy groups -OCH3 is 1. The highest BCUT2D eigenvalue weighted by Crippen LogP contribution is 2.27. The highest BCUT2D eigenvalue weighted by molar-refractivity contribution is 5.93. The number of carbonyl (C=O) groups is 2. The number of carbonyl (C=O) groups excluding carboxylic acids is 2. The zero-order chi connectivity index (χ0) is 13.8. The Hall–Kier alpha value is -2.42. The second kappa shape index (κ2) is 5.48. The van der Waals surface area contributed by atoms with Crippen molar-refractivity contribution in [3.63, 3.8) is 0 Å². The summed E-state index contributed by atoms with van der Waals surface area (Å²) < 4.78 is 4.71. The van der Waals surface area contributed by atoms with Gasteiger partial charge in [0.2, 0.25) is 0 Å². The Labute approximate surface area is 111 Å². The lowest BCUT2D eigenvalue weighted by Gasteiger charge is -2.10. The molecule has 0 aliphatic rings. The van der Waals surface area contributed by atoms with Gasteiger partial charge < -0.3 is 4.74 Å². The molecule has 0 unspecified atom stereocenters. The molecule has 0 aliphatic carbocycles. The zero-order valence-corrected chi connectivity index (χ0v) is 10.8. The van der Waals surface area contributed by atoms with Gasteiger partial charge in [-0.05, 0) is 35.7 Å². The van der Waals surface area contributed by atoms with Gasteiger partial charge in [0.15, 0.2) is 6.29 Å². The zero-order valence-electron chi connectivity index (χ0n) is 10.8. The van der Waals surface area contributed by atoms with Crippen molar-refractivity contribution in [1.82, 2.24) is 0 Å². The Morgan fingerprint density at radius 2 is 1.89 bits per heavy atom. The quantitative estimate of drug-likeness (QED) is 0.623. The Morgan fingerprint density at radius 1 is 1.16 bits per heavy atom. The fraction of sp³-hybridized carbons (Fsp3) is 0.125. The first-order chi connectivity index (χ1) is 9.17. The Balaban J connectivity index is 2.59. The van der Waals surface area contributed by atoms with Crippen molar-refractivity contribution in [3.8, 4) is 11.1 Å². The van der Waals surface area contributed by atoms with Crippen LogP contribution in [0.2, 0.25) is 0 Å². The number of esters is 1. The van der Waals surface area contributed by atoms with Crippen LogP contribution >= 0.6 is 0 Å². The third kappa shape index (κ3) is 2.55. The maximum atomic E-state index is 11.5. The highest BCUT2D eigenvalue weighted by Gasteiger charge is 2.11. The van der Waals surface area contributed by atoms with Crippen LogP contribution in [-0.2, 0) is 4.74 Å². The first-order valence-corrected chi connectivity index (χ1v) is 5.91. The first kappa shape index (κ1) is 13.0. The Morgan fingerprint density at radius 3 is 2.58 bits per heavy atom. The number of aldehydes is 1. The lowest BCUT2D eigenvalue weighted by molar-refractivity contribution is 0.0600. The normalized spacial score (nSPS) is 10.0. The first-order valence-electron chi connectivity index (χ1n) is 5.91. The smallest absolute Gasteiger partial charge is 0.337 e. The fourth-order valence-corrected chi connectivity index (χ4v) is 2.10. The van der Waals surface area contributed by atoms with E-state index in [4.69, 9.17) is 4.74 Å². The summed E-state index contributed by atoms with van der Waals surface area (Å²) in [5.74, 6) is -0.386. The third-order valence-electron chi connectivity index (χ3n) is 3.00. The maximum absolute atomic E-state index is 11.5. The van der Waals surface area contributed by atoms with E-state index in [1.807, 2.05) is 25.1 Å². The van der Waals surface area contributed by atoms with Crippen LogP contribution in [-0.4, -0.2) is 19.4 Å². The Bertz CT molecular complexity index is 630. The van der Waals surface area contributed by atoms with Gasteiger partial charge in [-0.1, -0.05) is 30.3 Å². The van der Waals surface area contributed by atoms with E-state index >= 15 is 0 Å². The van der Waals surface area contributed by atoms with E-state index in [1.54, 1.807) is 24.3 Å². The average Bonchev–Trinajstić information content (AvgIpc) is 2.46. The summed E-state index contributed by atoms with van der Waals surface area (Å²) in [6, 6.07) is 12.6. The van der Waals surface area contributed by atoms with Crippen LogP contribution in [0, 0.1) is 6.92 Å². The van der Waals surface area contributed by atoms with Crippen LogP contribution in [0.3, 0.4) is 0 Å². The van der Waals surface area contributed by atoms with Gasteiger partial charge in [0.05, 0.1) is 12.7 Å². The molecule has 0 heterocycles. The van der Waals surface area contributed by atoms with Crippen molar-refractivity contribution in [3.05, 3.63) is 59.2 Å². The number of rotatable bonds is 3. The summed E-state index contributed by atoms with van der Waals surface area (Å²) in [4.78, 5) is 22.7. The summed E-state index contributed by atoms with van der Waals surface area (Å²) in [5, 5.41) is 0. The average molecular weight is 254 g/mol. The van der Waals surface area contributed by atoms with Crippen molar-refractivity contribution < 1.29 is 14.3 Å². The van der Waals surface area contributed by atoms with Crippen molar-refractivity contribution in [2.75, 3.05) is 7.11 Å². The number of ether oxygens (including phenoxy) is 1. The number of hydrogen-bond donors (Lipinski definition) is 0. The standard InChI is InChI=1S/C16H14O3/c1-11-5-3-8-14(10-17)15(11)12-6-4-7-13(9-12)16(18)19-2/h3-10H,1-2H3. The molecule has 3 nitrogen and oxygen atoms in total. The van der Waals surface area contributed by atoms with Gasteiger partial charge in [0.25, 0.3) is 0 Å². The van der Waals surface area contributed by atoms with E-state index in [0.29, 0.717) is 11.1 Å². The van der Waals surface area contributed by atoms with E-state index in [1.165, 1.54) is 7.11 Å². The van der Waals surface area contributed by atoms with Crippen LogP contribution < -0.4 is 0 Å². The van der Waals surface area contributed by atoms with Gasteiger partial charge >= 0.3 is 5.97 Å². The van der Waals surface area contributed by atoms with E-state index in [2.05, 4.69) is 0 Å². The van der Waals surface area contributed by atoms with Crippen molar-refractivity contribution >= 4 is 12.3 Å².